The van der Waals surface area contributed by atoms with Crippen LogP contribution in [-0.4, -0.2) is 45.0 Å². The van der Waals surface area contributed by atoms with Gasteiger partial charge in [-0.2, -0.15) is 5.10 Å². The van der Waals surface area contributed by atoms with E-state index in [2.05, 4.69) is 20.9 Å². The van der Waals surface area contributed by atoms with Gasteiger partial charge in [0.25, 0.3) is 5.91 Å². The van der Waals surface area contributed by atoms with Gasteiger partial charge in [-0.25, -0.2) is 15.1 Å². The average molecular weight is 498 g/mol. The molecule has 4 aromatic rings. The van der Waals surface area contributed by atoms with Gasteiger partial charge in [0, 0.05) is 24.4 Å². The lowest BCUT2D eigenvalue weighted by Crippen LogP contribution is -2.48. The second kappa shape index (κ2) is 12.4. The zero-order chi connectivity index (χ0) is 26.0. The van der Waals surface area contributed by atoms with Crippen LogP contribution in [0.1, 0.15) is 29.3 Å². The Morgan fingerprint density at radius 1 is 0.946 bits per heavy atom. The minimum Gasteiger partial charge on any atom is -0.341 e. The number of nitrogens with one attached hydrogen (secondary N) is 2. The largest absolute Gasteiger partial charge is 0.341 e. The molecule has 188 valence electrons. The van der Waals surface area contributed by atoms with Crippen LogP contribution in [0.25, 0.3) is 17.1 Å². The Balaban J connectivity index is 1.58. The van der Waals surface area contributed by atoms with Crippen molar-refractivity contribution in [2.45, 2.75) is 25.8 Å². The Morgan fingerprint density at radius 3 is 2.41 bits per heavy atom. The minimum atomic E-state index is -1.12. The first kappa shape index (κ1) is 25.5. The predicted molar refractivity (Wildman–Crippen MR) is 138 cm³/mol. The number of hydroxylamine groups is 1. The number of rotatable bonds is 11. The van der Waals surface area contributed by atoms with E-state index in [1.165, 1.54) is 4.68 Å². The summed E-state index contributed by atoms with van der Waals surface area (Å²) in [5, 5.41) is 7.29. The molecule has 2 amide bonds. The standard InChI is InChI=1S/C28H27N5O4/c1-2-18-37-32-28(36)25(34)24(19-20-10-5-3-6-11-20)30-27(35)22-14-9-16-29-26(22)33-17-15-23(31-33)21-12-7-4-8-13-21/h3-17,24H,2,18-19H2,1H3,(H,30,35)(H,32,36)/t24-/m0/s1. The summed E-state index contributed by atoms with van der Waals surface area (Å²) in [5.74, 6) is -2.01. The van der Waals surface area contributed by atoms with Gasteiger partial charge in [0.2, 0.25) is 5.78 Å². The monoisotopic (exact) mass is 497 g/mol. The number of hydrogen-bond donors (Lipinski definition) is 2. The normalized spacial score (nSPS) is 11.5. The van der Waals surface area contributed by atoms with Crippen molar-refractivity contribution in [1.29, 1.82) is 0 Å². The van der Waals surface area contributed by atoms with Gasteiger partial charge in [0.05, 0.1) is 17.9 Å². The second-order valence-electron chi connectivity index (χ2n) is 8.25. The van der Waals surface area contributed by atoms with Crippen LogP contribution in [0, 0.1) is 0 Å². The lowest BCUT2D eigenvalue weighted by Gasteiger charge is -2.18. The van der Waals surface area contributed by atoms with Crippen molar-refractivity contribution in [1.82, 2.24) is 25.6 Å². The van der Waals surface area contributed by atoms with Crippen molar-refractivity contribution < 1.29 is 19.2 Å². The van der Waals surface area contributed by atoms with E-state index in [0.29, 0.717) is 12.2 Å². The number of hydrogen-bond acceptors (Lipinski definition) is 6. The van der Waals surface area contributed by atoms with Crippen LogP contribution < -0.4 is 10.8 Å². The summed E-state index contributed by atoms with van der Waals surface area (Å²) in [6, 6.07) is 22.7. The fourth-order valence-electron chi connectivity index (χ4n) is 3.68. The highest BCUT2D eigenvalue weighted by molar-refractivity contribution is 6.38. The number of aromatic nitrogens is 3. The van der Waals surface area contributed by atoms with Gasteiger partial charge in [-0.3, -0.25) is 19.2 Å². The Hall–Kier alpha value is -4.63. The van der Waals surface area contributed by atoms with E-state index in [0.717, 1.165) is 16.8 Å². The van der Waals surface area contributed by atoms with Gasteiger partial charge in [0.1, 0.15) is 6.04 Å². The molecule has 0 spiro atoms. The predicted octanol–water partition coefficient (Wildman–Crippen LogP) is 3.30. The highest BCUT2D eigenvalue weighted by Gasteiger charge is 2.29. The summed E-state index contributed by atoms with van der Waals surface area (Å²) in [6.45, 7) is 2.14. The number of pyridine rings is 1. The number of benzene rings is 2. The highest BCUT2D eigenvalue weighted by Crippen LogP contribution is 2.19. The van der Waals surface area contributed by atoms with Gasteiger partial charge in [-0.1, -0.05) is 67.6 Å². The molecule has 2 N–H and O–H groups in total. The first-order valence-electron chi connectivity index (χ1n) is 11.9. The third-order valence-corrected chi connectivity index (χ3v) is 5.51. The first-order chi connectivity index (χ1) is 18.1. The summed E-state index contributed by atoms with van der Waals surface area (Å²) in [6.07, 6.45) is 4.07. The zero-order valence-corrected chi connectivity index (χ0v) is 20.3. The molecule has 0 fully saturated rings. The topological polar surface area (TPSA) is 115 Å². The fraction of sp³-hybridized carbons (Fsp3) is 0.179. The van der Waals surface area contributed by atoms with Crippen LogP contribution in [0.2, 0.25) is 0 Å². The molecular weight excluding hydrogens is 470 g/mol. The van der Waals surface area contributed by atoms with Gasteiger partial charge >= 0.3 is 5.91 Å². The summed E-state index contributed by atoms with van der Waals surface area (Å²) in [7, 11) is 0. The molecule has 2 aromatic heterocycles. The lowest BCUT2D eigenvalue weighted by atomic mass is 10.0. The van der Waals surface area contributed by atoms with Crippen LogP contribution in [0.3, 0.4) is 0 Å². The molecule has 4 rings (SSSR count). The Kier molecular flexibility index (Phi) is 8.51. The molecule has 2 aromatic carbocycles. The molecule has 0 saturated carbocycles. The Bertz CT molecular complexity index is 1360. The minimum absolute atomic E-state index is 0.127. The molecule has 0 aliphatic heterocycles. The smallest absolute Gasteiger partial charge is 0.313 e. The second-order valence-corrected chi connectivity index (χ2v) is 8.25. The van der Waals surface area contributed by atoms with Crippen LogP contribution in [0.4, 0.5) is 0 Å². The molecule has 2 heterocycles. The SMILES string of the molecule is CCCONC(=O)C(=O)[C@H](Cc1ccccc1)NC(=O)c1cccnc1-n1ccc(-c2ccccc2)n1. The Labute approximate surface area is 214 Å². The van der Waals surface area contributed by atoms with Gasteiger partial charge in [-0.05, 0) is 30.2 Å². The molecule has 0 saturated heterocycles. The van der Waals surface area contributed by atoms with Crippen molar-refractivity contribution in [3.05, 3.63) is 102 Å². The maximum atomic E-state index is 13.4. The maximum Gasteiger partial charge on any atom is 0.313 e. The van der Waals surface area contributed by atoms with Crippen LogP contribution in [-0.2, 0) is 20.8 Å². The van der Waals surface area contributed by atoms with Crippen molar-refractivity contribution in [3.63, 3.8) is 0 Å². The highest BCUT2D eigenvalue weighted by atomic mass is 16.7. The van der Waals surface area contributed by atoms with Crippen LogP contribution >= 0.6 is 0 Å². The summed E-state index contributed by atoms with van der Waals surface area (Å²) >= 11 is 0. The zero-order valence-electron chi connectivity index (χ0n) is 20.3. The number of Topliss-reactive ketones (excluding diaryl/α,β-unsaturated/α-hetero) is 1. The molecule has 0 unspecified atom stereocenters. The summed E-state index contributed by atoms with van der Waals surface area (Å²) < 4.78 is 1.51. The number of carbonyl (C=O) groups excluding carboxylic acids is 3. The van der Waals surface area contributed by atoms with Gasteiger partial charge in [-0.15, -0.1) is 0 Å². The third kappa shape index (κ3) is 6.53. The molecule has 9 heteroatoms. The van der Waals surface area contributed by atoms with E-state index in [4.69, 9.17) is 4.84 Å². The van der Waals surface area contributed by atoms with Gasteiger partial charge < -0.3 is 5.32 Å². The van der Waals surface area contributed by atoms with Gasteiger partial charge in [0.15, 0.2) is 5.82 Å². The quantitative estimate of drug-likeness (QED) is 0.187. The molecule has 1 atom stereocenters. The molecule has 9 nitrogen and oxygen atoms in total. The van der Waals surface area contributed by atoms with E-state index in [9.17, 15) is 14.4 Å². The van der Waals surface area contributed by atoms with Crippen molar-refractivity contribution >= 4 is 17.6 Å². The molecule has 0 bridgehead atoms. The lowest BCUT2D eigenvalue weighted by molar-refractivity contribution is -0.146. The molecular formula is C28H27N5O4. The van der Waals surface area contributed by atoms with Crippen LogP contribution in [0.15, 0.2) is 91.3 Å². The molecule has 37 heavy (non-hydrogen) atoms. The number of nitrogens with zero attached hydrogens (tertiary/aromatic N) is 3. The van der Waals surface area contributed by atoms with Crippen molar-refractivity contribution in [2.24, 2.45) is 0 Å². The van der Waals surface area contributed by atoms with E-state index >= 15 is 0 Å². The van der Waals surface area contributed by atoms with E-state index in [1.807, 2.05) is 73.7 Å². The number of ketones is 1. The summed E-state index contributed by atoms with van der Waals surface area (Å²) in [4.78, 5) is 48.2. The Morgan fingerprint density at radius 2 is 1.68 bits per heavy atom. The van der Waals surface area contributed by atoms with E-state index < -0.39 is 23.6 Å². The molecule has 0 radical (unpaired) electrons. The van der Waals surface area contributed by atoms with E-state index in [1.54, 1.807) is 24.5 Å². The number of carbonyl (C=O) groups is 3. The molecule has 0 aliphatic carbocycles. The number of amides is 2. The maximum absolute atomic E-state index is 13.4. The van der Waals surface area contributed by atoms with Crippen molar-refractivity contribution in [3.8, 4) is 17.1 Å². The van der Waals surface area contributed by atoms with E-state index in [-0.39, 0.29) is 18.6 Å². The average Bonchev–Trinajstić information content (AvgIpc) is 3.44. The first-order valence-corrected chi connectivity index (χ1v) is 11.9. The third-order valence-electron chi connectivity index (χ3n) is 5.51. The fourth-order valence-corrected chi connectivity index (χ4v) is 3.68. The molecule has 0 aliphatic rings. The van der Waals surface area contributed by atoms with Crippen molar-refractivity contribution in [2.75, 3.05) is 6.61 Å². The summed E-state index contributed by atoms with van der Waals surface area (Å²) in [5.41, 5.74) is 4.79. The van der Waals surface area contributed by atoms with Crippen LogP contribution in [0.5, 0.6) is 0 Å².